The average Bonchev–Trinajstić information content (AvgIpc) is 2.36. The smallest absolute Gasteiger partial charge is 0.342 e. The molecule has 0 aliphatic heterocycles. The van der Waals surface area contributed by atoms with Crippen LogP contribution in [0.5, 0.6) is 0 Å². The summed E-state index contributed by atoms with van der Waals surface area (Å²) in [6, 6.07) is 7.55. The lowest BCUT2D eigenvalue weighted by Gasteiger charge is -2.20. The van der Waals surface area contributed by atoms with Crippen LogP contribution in [0.2, 0.25) is 0 Å². The summed E-state index contributed by atoms with van der Waals surface area (Å²) in [4.78, 5) is 22.7. The predicted octanol–water partition coefficient (Wildman–Crippen LogP) is 1.89. The van der Waals surface area contributed by atoms with Gasteiger partial charge in [-0.25, -0.2) is 4.79 Å². The summed E-state index contributed by atoms with van der Waals surface area (Å²) in [5.74, 6) is -1.13. The molecule has 0 amide bonds. The third kappa shape index (κ3) is 4.34. The molecule has 0 heterocycles. The largest absolute Gasteiger partial charge is 0.467 e. The second-order valence-electron chi connectivity index (χ2n) is 4.54. The number of carbonyl (C=O) groups is 2. The highest BCUT2D eigenvalue weighted by Gasteiger charge is 2.35. The van der Waals surface area contributed by atoms with Crippen molar-refractivity contribution in [2.45, 2.75) is 25.9 Å². The number of hydrogen-bond acceptors (Lipinski definition) is 4. The number of aryl methyl sites for hydroxylation is 1. The zero-order valence-corrected chi connectivity index (χ0v) is 11.3. The van der Waals surface area contributed by atoms with E-state index in [0.29, 0.717) is 0 Å². The van der Waals surface area contributed by atoms with Gasteiger partial charge in [-0.15, -0.1) is 0 Å². The molecule has 0 fully saturated rings. The molecular weight excluding hydrogens is 244 g/mol. The van der Waals surface area contributed by atoms with Crippen molar-refractivity contribution in [2.24, 2.45) is 0 Å². The van der Waals surface area contributed by atoms with Crippen molar-refractivity contribution >= 4 is 17.8 Å². The second-order valence-corrected chi connectivity index (χ2v) is 4.54. The highest BCUT2D eigenvalue weighted by Crippen LogP contribution is 2.17. The van der Waals surface area contributed by atoms with Gasteiger partial charge in [-0.1, -0.05) is 35.9 Å². The average molecular weight is 262 g/mol. The lowest BCUT2D eigenvalue weighted by Crippen LogP contribution is -2.39. The summed E-state index contributed by atoms with van der Waals surface area (Å²) >= 11 is 0. The monoisotopic (exact) mass is 262 g/mol. The lowest BCUT2D eigenvalue weighted by molar-refractivity contribution is -0.159. The van der Waals surface area contributed by atoms with E-state index in [2.05, 4.69) is 4.74 Å². The van der Waals surface area contributed by atoms with Gasteiger partial charge in [-0.3, -0.25) is 4.79 Å². The van der Waals surface area contributed by atoms with E-state index in [-0.39, 0.29) is 12.2 Å². The number of ether oxygens (including phenoxy) is 1. The van der Waals surface area contributed by atoms with E-state index >= 15 is 0 Å². The van der Waals surface area contributed by atoms with Gasteiger partial charge in [0.05, 0.1) is 7.11 Å². The summed E-state index contributed by atoms with van der Waals surface area (Å²) in [6.07, 6.45) is 2.59. The fraction of sp³-hybridized carbons (Fsp3) is 0.333. The van der Waals surface area contributed by atoms with E-state index in [1.807, 2.05) is 31.2 Å². The van der Waals surface area contributed by atoms with E-state index < -0.39 is 11.6 Å². The maximum Gasteiger partial charge on any atom is 0.342 e. The molecule has 0 aliphatic rings. The van der Waals surface area contributed by atoms with E-state index in [0.717, 1.165) is 11.1 Å². The van der Waals surface area contributed by atoms with Crippen molar-refractivity contribution in [1.29, 1.82) is 0 Å². The molecule has 0 aromatic heterocycles. The Kier molecular flexibility index (Phi) is 5.01. The zero-order valence-electron chi connectivity index (χ0n) is 11.3. The molecular formula is C15H18O4. The molecule has 0 saturated carbocycles. The van der Waals surface area contributed by atoms with E-state index in [9.17, 15) is 14.7 Å². The van der Waals surface area contributed by atoms with Gasteiger partial charge in [-0.05, 0) is 25.5 Å². The lowest BCUT2D eigenvalue weighted by atomic mass is 9.96. The fourth-order valence-electron chi connectivity index (χ4n) is 1.67. The van der Waals surface area contributed by atoms with Crippen molar-refractivity contribution in [3.05, 3.63) is 41.5 Å². The van der Waals surface area contributed by atoms with Crippen molar-refractivity contribution in [2.75, 3.05) is 7.11 Å². The first-order valence-corrected chi connectivity index (χ1v) is 5.93. The maximum atomic E-state index is 11.6. The number of hydrogen-bond donors (Lipinski definition) is 1. The van der Waals surface area contributed by atoms with Gasteiger partial charge in [0.2, 0.25) is 0 Å². The molecule has 0 bridgehead atoms. The number of aliphatic hydroxyl groups is 1. The van der Waals surface area contributed by atoms with Crippen LogP contribution in [0.25, 0.3) is 6.08 Å². The summed E-state index contributed by atoms with van der Waals surface area (Å²) in [5, 5.41) is 10.2. The predicted molar refractivity (Wildman–Crippen MR) is 72.5 cm³/mol. The van der Waals surface area contributed by atoms with Crippen LogP contribution in [0, 0.1) is 6.92 Å². The molecule has 0 radical (unpaired) electrons. The molecule has 1 aromatic carbocycles. The van der Waals surface area contributed by atoms with Crippen LogP contribution in [0.1, 0.15) is 24.5 Å². The highest BCUT2D eigenvalue weighted by atomic mass is 16.5. The Morgan fingerprint density at radius 2 is 1.89 bits per heavy atom. The molecule has 4 nitrogen and oxygen atoms in total. The highest BCUT2D eigenvalue weighted by molar-refractivity contribution is 5.90. The molecule has 1 rings (SSSR count). The number of carbonyl (C=O) groups excluding carboxylic acids is 2. The minimum atomic E-state index is -1.91. The van der Waals surface area contributed by atoms with Gasteiger partial charge >= 0.3 is 5.97 Å². The Hall–Kier alpha value is -1.94. The van der Waals surface area contributed by atoms with Crippen molar-refractivity contribution in [3.63, 3.8) is 0 Å². The third-order valence-corrected chi connectivity index (χ3v) is 2.69. The van der Waals surface area contributed by atoms with E-state index in [4.69, 9.17) is 0 Å². The second kappa shape index (κ2) is 6.29. The third-order valence-electron chi connectivity index (χ3n) is 2.69. The number of ketones is 1. The minimum Gasteiger partial charge on any atom is -0.467 e. The van der Waals surface area contributed by atoms with Crippen LogP contribution in [0.4, 0.5) is 0 Å². The van der Waals surface area contributed by atoms with Crippen LogP contribution < -0.4 is 0 Å². The van der Waals surface area contributed by atoms with Gasteiger partial charge < -0.3 is 9.84 Å². The molecule has 0 unspecified atom stereocenters. The Balaban J connectivity index is 2.97. The van der Waals surface area contributed by atoms with Gasteiger partial charge in [0.25, 0.3) is 0 Å². The standard InChI is InChI=1S/C15H18O4/c1-11-4-6-13(7-5-11)8-9-15(18,10-12(2)16)14(17)19-3/h4-9,18H,10H2,1-3H3/b9-8+/t15-/m1/s1. The molecule has 0 saturated heterocycles. The molecule has 0 spiro atoms. The summed E-state index contributed by atoms with van der Waals surface area (Å²) in [6.45, 7) is 3.28. The Bertz CT molecular complexity index is 487. The molecule has 0 aliphatic carbocycles. The van der Waals surface area contributed by atoms with Crippen LogP contribution in [-0.4, -0.2) is 29.6 Å². The Morgan fingerprint density at radius 1 is 1.32 bits per heavy atom. The topological polar surface area (TPSA) is 63.6 Å². The van der Waals surface area contributed by atoms with Gasteiger partial charge in [0.15, 0.2) is 5.60 Å². The SMILES string of the molecule is COC(=O)[C@@](O)(/C=C/c1ccc(C)cc1)CC(C)=O. The quantitative estimate of drug-likeness (QED) is 0.823. The molecule has 1 atom stereocenters. The Labute approximate surface area is 112 Å². The van der Waals surface area contributed by atoms with Crippen LogP contribution >= 0.6 is 0 Å². The first-order chi connectivity index (χ1) is 8.87. The molecule has 1 aromatic rings. The molecule has 1 N–H and O–H groups in total. The van der Waals surface area contributed by atoms with Gasteiger partial charge in [0.1, 0.15) is 5.78 Å². The van der Waals surface area contributed by atoms with Gasteiger partial charge in [-0.2, -0.15) is 0 Å². The first kappa shape index (κ1) is 15.1. The van der Waals surface area contributed by atoms with E-state index in [1.54, 1.807) is 6.08 Å². The zero-order chi connectivity index (χ0) is 14.5. The maximum absolute atomic E-state index is 11.6. The van der Waals surface area contributed by atoms with Crippen molar-refractivity contribution < 1.29 is 19.4 Å². The van der Waals surface area contributed by atoms with Crippen molar-refractivity contribution in [3.8, 4) is 0 Å². The molecule has 19 heavy (non-hydrogen) atoms. The van der Waals surface area contributed by atoms with E-state index in [1.165, 1.54) is 20.1 Å². The van der Waals surface area contributed by atoms with Crippen LogP contribution in [-0.2, 0) is 14.3 Å². The molecule has 102 valence electrons. The number of rotatable bonds is 5. The number of benzene rings is 1. The normalized spacial score (nSPS) is 14.1. The summed E-state index contributed by atoms with van der Waals surface area (Å²) in [7, 11) is 1.17. The van der Waals surface area contributed by atoms with Crippen LogP contribution in [0.15, 0.2) is 30.3 Å². The fourth-order valence-corrected chi connectivity index (χ4v) is 1.67. The summed E-state index contributed by atoms with van der Waals surface area (Å²) < 4.78 is 4.53. The number of methoxy groups -OCH3 is 1. The van der Waals surface area contributed by atoms with Crippen molar-refractivity contribution in [1.82, 2.24) is 0 Å². The number of Topliss-reactive ketones (excluding diaryl/α,β-unsaturated/α-hetero) is 1. The van der Waals surface area contributed by atoms with Crippen LogP contribution in [0.3, 0.4) is 0 Å². The summed E-state index contributed by atoms with van der Waals surface area (Å²) in [5.41, 5.74) is 0.0338. The minimum absolute atomic E-state index is 0.290. The Morgan fingerprint density at radius 3 is 2.37 bits per heavy atom. The number of esters is 1. The van der Waals surface area contributed by atoms with Gasteiger partial charge in [0, 0.05) is 6.42 Å². The first-order valence-electron chi connectivity index (χ1n) is 5.93. The molecule has 4 heteroatoms.